The number of aromatic amines is 1. The van der Waals surface area contributed by atoms with Crippen LogP contribution in [0.25, 0.3) is 11.2 Å². The molecule has 3 N–H and O–H groups in total. The lowest BCUT2D eigenvalue weighted by Crippen LogP contribution is -2.39. The Morgan fingerprint density at radius 3 is 2.08 bits per heavy atom. The van der Waals surface area contributed by atoms with Gasteiger partial charge in [-0.05, 0) is 53.1 Å². The number of carbonyl (C=O) groups excluding carboxylic acids is 1. The first-order valence-electron chi connectivity index (χ1n) is 18.7. The normalized spacial score (nSPS) is 16.8. The number of H-pyrrole nitrogens is 1. The van der Waals surface area contributed by atoms with Gasteiger partial charge in [-0.2, -0.15) is 18.1 Å². The maximum absolute atomic E-state index is 13.3. The van der Waals surface area contributed by atoms with E-state index in [2.05, 4.69) is 25.0 Å². The van der Waals surface area contributed by atoms with Crippen LogP contribution in [0.3, 0.4) is 0 Å². The van der Waals surface area contributed by atoms with Gasteiger partial charge in [0.05, 0.1) is 31.6 Å². The number of hydrogen-bond donors (Lipinski definition) is 3. The highest BCUT2D eigenvalue weighted by atomic mass is 32.2. The van der Waals surface area contributed by atoms with Crippen LogP contribution < -0.4 is 29.3 Å². The molecule has 18 nitrogen and oxygen atoms in total. The zero-order valence-corrected chi connectivity index (χ0v) is 33.6. The zero-order valence-electron chi connectivity index (χ0n) is 32.8. The Labute approximate surface area is 343 Å². The summed E-state index contributed by atoms with van der Waals surface area (Å²) in [5.74, 6) is 0.184. The summed E-state index contributed by atoms with van der Waals surface area (Å²) in [5.41, 5.74) is -0.0152. The standard InChI is InChI=1S/C41H41N7O11S/c1-25(2)37(49)45-40-44-36-35(38(50)46-40)42-24-47(36)39-34(22-33(57-39)23-43-60(53,54)59-32-20-14-29(15-21-32)48(51)52)58-41(26-8-6-5-7-9-26,27-10-16-30(55-3)17-11-27)28-12-18-31(56-4)19-13-28/h5-21,24-25,33-34,39,43H,22-23H2,1-4H3,(H2,44,45,46,49,50)/t33-,34+,39+/m0/s1. The average Bonchev–Trinajstić information content (AvgIpc) is 3.86. The van der Waals surface area contributed by atoms with E-state index in [1.165, 1.54) is 23.0 Å². The molecule has 0 spiro atoms. The number of imidazole rings is 1. The molecule has 0 saturated carbocycles. The molecule has 0 aliphatic carbocycles. The average molecular weight is 840 g/mol. The van der Waals surface area contributed by atoms with Gasteiger partial charge < -0.3 is 23.1 Å². The molecule has 60 heavy (non-hydrogen) atoms. The summed E-state index contributed by atoms with van der Waals surface area (Å²) in [6.07, 6.45) is -1.40. The van der Waals surface area contributed by atoms with Gasteiger partial charge in [0.2, 0.25) is 11.9 Å². The number of benzene rings is 4. The van der Waals surface area contributed by atoms with Crippen molar-refractivity contribution in [2.24, 2.45) is 5.92 Å². The zero-order chi connectivity index (χ0) is 42.6. The highest BCUT2D eigenvalue weighted by Crippen LogP contribution is 2.46. The van der Waals surface area contributed by atoms with Crippen LogP contribution in [-0.2, 0) is 30.2 Å². The number of hydrogen-bond acceptors (Lipinski definition) is 13. The summed E-state index contributed by atoms with van der Waals surface area (Å²) < 4.78 is 60.5. The molecule has 6 aromatic rings. The Morgan fingerprint density at radius 1 is 0.933 bits per heavy atom. The first kappa shape index (κ1) is 41.5. The van der Waals surface area contributed by atoms with Gasteiger partial charge in [0, 0.05) is 31.0 Å². The van der Waals surface area contributed by atoms with Gasteiger partial charge in [-0.3, -0.25) is 34.6 Å². The van der Waals surface area contributed by atoms with Crippen LogP contribution in [-0.4, -0.2) is 71.7 Å². The van der Waals surface area contributed by atoms with Crippen LogP contribution in [0.2, 0.25) is 0 Å². The second-order valence-corrected chi connectivity index (χ2v) is 15.4. The molecule has 312 valence electrons. The number of rotatable bonds is 16. The summed E-state index contributed by atoms with van der Waals surface area (Å²) in [4.78, 5) is 47.9. The molecule has 19 heteroatoms. The number of nitrogens with one attached hydrogen (secondary N) is 3. The lowest BCUT2D eigenvalue weighted by atomic mass is 9.79. The minimum Gasteiger partial charge on any atom is -0.497 e. The Bertz CT molecular complexity index is 2590. The van der Waals surface area contributed by atoms with Crippen molar-refractivity contribution in [3.8, 4) is 17.2 Å². The number of fused-ring (bicyclic) bond motifs is 1. The Morgan fingerprint density at radius 2 is 1.52 bits per heavy atom. The van der Waals surface area contributed by atoms with Crippen LogP contribution in [0.1, 0.15) is 43.2 Å². The van der Waals surface area contributed by atoms with E-state index in [9.17, 15) is 28.1 Å². The van der Waals surface area contributed by atoms with Crippen LogP contribution >= 0.6 is 0 Å². The Kier molecular flexibility index (Phi) is 11.9. The van der Waals surface area contributed by atoms with E-state index < -0.39 is 50.7 Å². The van der Waals surface area contributed by atoms with E-state index in [0.29, 0.717) is 22.6 Å². The molecular formula is C41H41N7O11S. The largest absolute Gasteiger partial charge is 0.497 e. The highest BCUT2D eigenvalue weighted by molar-refractivity contribution is 7.85. The number of aromatic nitrogens is 4. The molecule has 3 atom stereocenters. The number of nitrogens with zero attached hydrogens (tertiary/aromatic N) is 4. The van der Waals surface area contributed by atoms with Crippen molar-refractivity contribution in [2.75, 3.05) is 26.1 Å². The van der Waals surface area contributed by atoms with Gasteiger partial charge in [0.1, 0.15) is 29.0 Å². The van der Waals surface area contributed by atoms with Gasteiger partial charge in [-0.1, -0.05) is 68.4 Å². The molecule has 3 heterocycles. The number of ether oxygens (including phenoxy) is 4. The van der Waals surface area contributed by atoms with Gasteiger partial charge >= 0.3 is 10.3 Å². The third-order valence-corrected chi connectivity index (χ3v) is 10.8. The van der Waals surface area contributed by atoms with Crippen molar-refractivity contribution in [1.29, 1.82) is 0 Å². The van der Waals surface area contributed by atoms with Crippen LogP contribution in [0.5, 0.6) is 17.2 Å². The van der Waals surface area contributed by atoms with E-state index in [1.807, 2.05) is 78.9 Å². The Hall–Kier alpha value is -6.67. The minimum absolute atomic E-state index is 0.0415. The van der Waals surface area contributed by atoms with Gasteiger partial charge in [0.25, 0.3) is 11.2 Å². The quantitative estimate of drug-likeness (QED) is 0.0646. The topological polar surface area (TPSA) is 228 Å². The first-order valence-corrected chi connectivity index (χ1v) is 20.1. The SMILES string of the molecule is COc1ccc(C(O[C@@H]2C[C@@H](CNS(=O)(=O)Oc3ccc([N+](=O)[O-])cc3)O[C@H]2n2cnc3c(=O)[nH]c(NC(=O)C(C)C)nc32)(c2ccccc2)c2ccc(OC)cc2)cc1. The summed E-state index contributed by atoms with van der Waals surface area (Å²) in [6, 6.07) is 28.9. The number of nitro benzene ring substituents is 1. The number of nitro groups is 1. The lowest BCUT2D eigenvalue weighted by molar-refractivity contribution is -0.384. The smallest absolute Gasteiger partial charge is 0.382 e. The predicted molar refractivity (Wildman–Crippen MR) is 218 cm³/mol. The molecule has 1 fully saturated rings. The fourth-order valence-corrected chi connectivity index (χ4v) is 7.67. The molecule has 1 aliphatic rings. The molecule has 0 unspecified atom stereocenters. The maximum atomic E-state index is 13.3. The second kappa shape index (κ2) is 17.3. The first-order chi connectivity index (χ1) is 28.8. The van der Waals surface area contributed by atoms with E-state index in [-0.39, 0.29) is 47.4 Å². The minimum atomic E-state index is -4.47. The fraction of sp³-hybridized carbons (Fsp3) is 0.268. The van der Waals surface area contributed by atoms with Crippen molar-refractivity contribution in [3.63, 3.8) is 0 Å². The predicted octanol–water partition coefficient (Wildman–Crippen LogP) is 5.22. The van der Waals surface area contributed by atoms with Crippen LogP contribution in [0, 0.1) is 16.0 Å². The number of methoxy groups -OCH3 is 2. The summed E-state index contributed by atoms with van der Waals surface area (Å²) in [5, 5.41) is 13.7. The van der Waals surface area contributed by atoms with Crippen molar-refractivity contribution < 1.29 is 41.3 Å². The maximum Gasteiger partial charge on any atom is 0.382 e. The monoisotopic (exact) mass is 839 g/mol. The van der Waals surface area contributed by atoms with E-state index in [1.54, 1.807) is 28.1 Å². The van der Waals surface area contributed by atoms with E-state index >= 15 is 0 Å². The molecule has 1 saturated heterocycles. The summed E-state index contributed by atoms with van der Waals surface area (Å²) in [7, 11) is -1.33. The summed E-state index contributed by atoms with van der Waals surface area (Å²) in [6.45, 7) is 3.09. The van der Waals surface area contributed by atoms with Gasteiger partial charge in [-0.25, -0.2) is 4.98 Å². The van der Waals surface area contributed by atoms with E-state index in [0.717, 1.165) is 17.7 Å². The number of non-ortho nitro benzene ring substituents is 1. The van der Waals surface area contributed by atoms with Gasteiger partial charge in [-0.15, -0.1) is 0 Å². The molecular weight excluding hydrogens is 799 g/mol. The molecule has 2 aromatic heterocycles. The van der Waals surface area contributed by atoms with Gasteiger partial charge in [0.15, 0.2) is 17.4 Å². The summed E-state index contributed by atoms with van der Waals surface area (Å²) >= 11 is 0. The second-order valence-electron chi connectivity index (χ2n) is 14.1. The Balaban J connectivity index is 1.32. The van der Waals surface area contributed by atoms with Crippen molar-refractivity contribution in [2.45, 2.75) is 44.3 Å². The third-order valence-electron chi connectivity index (χ3n) is 9.86. The molecule has 0 bridgehead atoms. The number of carbonyl (C=O) groups is 1. The molecule has 4 aromatic carbocycles. The fourth-order valence-electron chi connectivity index (χ4n) is 6.86. The molecule has 1 amide bonds. The third kappa shape index (κ3) is 8.69. The van der Waals surface area contributed by atoms with Crippen LogP contribution in [0.15, 0.2) is 114 Å². The molecule has 0 radical (unpaired) electrons. The highest BCUT2D eigenvalue weighted by Gasteiger charge is 2.47. The van der Waals surface area contributed by atoms with Crippen molar-refractivity contribution >= 4 is 39.0 Å². The van der Waals surface area contributed by atoms with Crippen LogP contribution in [0.4, 0.5) is 11.6 Å². The van der Waals surface area contributed by atoms with Crippen molar-refractivity contribution in [3.05, 3.63) is 147 Å². The molecule has 7 rings (SSSR count). The number of amides is 1. The van der Waals surface area contributed by atoms with Crippen molar-refractivity contribution in [1.82, 2.24) is 24.2 Å². The van der Waals surface area contributed by atoms with E-state index in [4.69, 9.17) is 23.1 Å². The molecule has 1 aliphatic heterocycles. The number of anilines is 1. The lowest BCUT2D eigenvalue weighted by Gasteiger charge is -2.39.